The van der Waals surface area contributed by atoms with E-state index in [1.807, 2.05) is 30.3 Å². The maximum Gasteiger partial charge on any atom is 0.187 e. The molecule has 41 heavy (non-hydrogen) atoms. The average Bonchev–Trinajstić information content (AvgIpc) is 3.05. The fourth-order valence-electron chi connectivity index (χ4n) is 5.26. The monoisotopic (exact) mass is 533 g/mol. The predicted molar refractivity (Wildman–Crippen MR) is 172 cm³/mol. The Labute approximate surface area is 243 Å². The molecule has 0 bridgehead atoms. The van der Waals surface area contributed by atoms with Crippen molar-refractivity contribution in [2.75, 3.05) is 13.1 Å². The zero-order valence-electron chi connectivity index (χ0n) is 23.7. The van der Waals surface area contributed by atoms with E-state index in [0.717, 1.165) is 35.5 Å². The van der Waals surface area contributed by atoms with Gasteiger partial charge in [-0.25, -0.2) is 0 Å². The first-order valence-electron chi connectivity index (χ1n) is 14.3. The molecule has 0 atom stereocenters. The average molecular weight is 534 g/mol. The number of nitrogens with zero attached hydrogens (tertiary/aromatic N) is 1. The minimum atomic E-state index is 0.0110. The summed E-state index contributed by atoms with van der Waals surface area (Å²) in [5.41, 5.74) is 9.61. The smallest absolute Gasteiger partial charge is 0.187 e. The summed E-state index contributed by atoms with van der Waals surface area (Å²) in [6.45, 7) is 5.88. The van der Waals surface area contributed by atoms with E-state index < -0.39 is 0 Å². The molecule has 0 saturated heterocycles. The van der Waals surface area contributed by atoms with Gasteiger partial charge in [0.05, 0.1) is 0 Å². The molecule has 2 nitrogen and oxygen atoms in total. The van der Waals surface area contributed by atoms with Crippen molar-refractivity contribution in [3.8, 4) is 0 Å². The molecule has 0 aliphatic carbocycles. The summed E-state index contributed by atoms with van der Waals surface area (Å²) < 4.78 is 0. The van der Waals surface area contributed by atoms with E-state index in [9.17, 15) is 4.79 Å². The van der Waals surface area contributed by atoms with E-state index in [-0.39, 0.29) is 5.78 Å². The highest BCUT2D eigenvalue weighted by Gasteiger charge is 2.17. The highest BCUT2D eigenvalue weighted by molar-refractivity contribution is 6.08. The van der Waals surface area contributed by atoms with Gasteiger partial charge >= 0.3 is 0 Å². The second-order valence-corrected chi connectivity index (χ2v) is 9.86. The molecule has 0 aromatic heterocycles. The van der Waals surface area contributed by atoms with Gasteiger partial charge in [0.25, 0.3) is 0 Å². The third-order valence-corrected chi connectivity index (χ3v) is 7.34. The van der Waals surface area contributed by atoms with Crippen molar-refractivity contribution in [2.24, 2.45) is 0 Å². The molecule has 5 aromatic rings. The van der Waals surface area contributed by atoms with Gasteiger partial charge in [-0.05, 0) is 52.8 Å². The largest absolute Gasteiger partial charge is 0.371 e. The number of carbonyl (C=O) groups is 1. The maximum absolute atomic E-state index is 13.2. The highest BCUT2D eigenvalue weighted by atomic mass is 16.1. The van der Waals surface area contributed by atoms with Gasteiger partial charge in [0.2, 0.25) is 0 Å². The van der Waals surface area contributed by atoms with Gasteiger partial charge in [-0.2, -0.15) is 0 Å². The summed E-state index contributed by atoms with van der Waals surface area (Å²) in [6.07, 6.45) is 1.78. The van der Waals surface area contributed by atoms with E-state index in [1.54, 1.807) is 6.08 Å². The number of ketones is 1. The number of allylic oxidation sites excluding steroid dienone is 1. The first-order valence-corrected chi connectivity index (χ1v) is 14.3. The Bertz CT molecular complexity index is 1570. The summed E-state index contributed by atoms with van der Waals surface area (Å²) in [5.74, 6) is 0.0110. The van der Waals surface area contributed by atoms with Gasteiger partial charge < -0.3 is 4.90 Å². The van der Waals surface area contributed by atoms with E-state index >= 15 is 0 Å². The first-order chi connectivity index (χ1) is 20.2. The van der Waals surface area contributed by atoms with Crippen molar-refractivity contribution in [3.05, 3.63) is 185 Å². The normalized spacial score (nSPS) is 11.1. The standard InChI is InChI=1S/C39H35NO/c1-3-40(4-2)36(29-37(41)31-17-9-5-10-18-31)30-25-27-35(28-26-30)39(34-23-15-8-16-24-34)38(32-19-11-6-12-20-32)33-21-13-7-14-22-33/h5-29H,3-4H2,1-2H3/b36-29+. The van der Waals surface area contributed by atoms with Gasteiger partial charge in [-0.3, -0.25) is 4.79 Å². The van der Waals surface area contributed by atoms with E-state index in [4.69, 9.17) is 0 Å². The quantitative estimate of drug-likeness (QED) is 0.101. The van der Waals surface area contributed by atoms with Gasteiger partial charge in [0.1, 0.15) is 0 Å². The molecule has 0 radical (unpaired) electrons. The Kier molecular flexibility index (Phi) is 9.03. The van der Waals surface area contributed by atoms with Crippen LogP contribution >= 0.6 is 0 Å². The molecule has 2 heteroatoms. The first kappa shape index (κ1) is 27.6. The molecule has 0 N–H and O–H groups in total. The van der Waals surface area contributed by atoms with Crippen LogP contribution in [0.4, 0.5) is 0 Å². The summed E-state index contributed by atoms with van der Waals surface area (Å²) in [7, 11) is 0. The summed E-state index contributed by atoms with van der Waals surface area (Å²) in [5, 5.41) is 0. The number of hydrogen-bond acceptors (Lipinski definition) is 2. The lowest BCUT2D eigenvalue weighted by Gasteiger charge is -2.25. The highest BCUT2D eigenvalue weighted by Crippen LogP contribution is 2.37. The lowest BCUT2D eigenvalue weighted by atomic mass is 9.85. The van der Waals surface area contributed by atoms with Crippen molar-refractivity contribution < 1.29 is 4.79 Å². The fraction of sp³-hybridized carbons (Fsp3) is 0.103. The minimum absolute atomic E-state index is 0.0110. The van der Waals surface area contributed by atoms with Crippen LogP contribution in [0.5, 0.6) is 0 Å². The Balaban J connectivity index is 1.67. The third kappa shape index (κ3) is 6.45. The SMILES string of the molecule is CCN(CC)/C(=C/C(=O)c1ccccc1)c1ccc(C(=C(c2ccccc2)c2ccccc2)c2ccccc2)cc1. The van der Waals surface area contributed by atoms with Crippen LogP contribution in [-0.2, 0) is 0 Å². The van der Waals surface area contributed by atoms with Crippen LogP contribution in [0.2, 0.25) is 0 Å². The number of rotatable bonds is 10. The fourth-order valence-corrected chi connectivity index (χ4v) is 5.26. The molecule has 0 spiro atoms. The number of hydrogen-bond donors (Lipinski definition) is 0. The van der Waals surface area contributed by atoms with Gasteiger partial charge in [-0.15, -0.1) is 0 Å². The van der Waals surface area contributed by atoms with Crippen LogP contribution in [0.25, 0.3) is 16.8 Å². The van der Waals surface area contributed by atoms with Crippen LogP contribution in [-0.4, -0.2) is 23.8 Å². The van der Waals surface area contributed by atoms with Crippen LogP contribution < -0.4 is 0 Å². The van der Waals surface area contributed by atoms with Crippen LogP contribution in [0.15, 0.2) is 152 Å². The van der Waals surface area contributed by atoms with Crippen LogP contribution in [0.1, 0.15) is 52.0 Å². The van der Waals surface area contributed by atoms with Crippen molar-refractivity contribution in [1.82, 2.24) is 4.90 Å². The summed E-state index contributed by atoms with van der Waals surface area (Å²) in [4.78, 5) is 15.5. The molecule has 0 fully saturated rings. The topological polar surface area (TPSA) is 20.3 Å². The van der Waals surface area contributed by atoms with E-state index in [0.29, 0.717) is 5.56 Å². The molecule has 0 aliphatic rings. The predicted octanol–water partition coefficient (Wildman–Crippen LogP) is 9.26. The third-order valence-electron chi connectivity index (χ3n) is 7.34. The Hall–Kier alpha value is -4.95. The lowest BCUT2D eigenvalue weighted by molar-refractivity contribution is 0.104. The van der Waals surface area contributed by atoms with Crippen molar-refractivity contribution in [3.63, 3.8) is 0 Å². The van der Waals surface area contributed by atoms with Crippen molar-refractivity contribution in [2.45, 2.75) is 13.8 Å². The van der Waals surface area contributed by atoms with Gasteiger partial charge in [-0.1, -0.05) is 146 Å². The Morgan fingerprint density at radius 3 is 1.15 bits per heavy atom. The molecule has 0 amide bonds. The van der Waals surface area contributed by atoms with E-state index in [1.165, 1.54) is 22.3 Å². The molecular weight excluding hydrogens is 498 g/mol. The van der Waals surface area contributed by atoms with Gasteiger partial charge in [0.15, 0.2) is 5.78 Å². The summed E-state index contributed by atoms with van der Waals surface area (Å²) >= 11 is 0. The molecular formula is C39H35NO. The van der Waals surface area contributed by atoms with Crippen LogP contribution in [0, 0.1) is 0 Å². The molecule has 5 rings (SSSR count). The molecule has 202 valence electrons. The maximum atomic E-state index is 13.2. The molecule has 5 aromatic carbocycles. The second-order valence-electron chi connectivity index (χ2n) is 9.86. The second kappa shape index (κ2) is 13.4. The van der Waals surface area contributed by atoms with Gasteiger partial charge in [0, 0.05) is 30.4 Å². The Morgan fingerprint density at radius 2 is 0.780 bits per heavy atom. The van der Waals surface area contributed by atoms with Crippen molar-refractivity contribution >= 4 is 22.6 Å². The zero-order chi connectivity index (χ0) is 28.4. The minimum Gasteiger partial charge on any atom is -0.371 e. The molecule has 0 unspecified atom stereocenters. The number of benzene rings is 5. The van der Waals surface area contributed by atoms with E-state index in [2.05, 4.69) is 134 Å². The molecule has 0 heterocycles. The van der Waals surface area contributed by atoms with Crippen molar-refractivity contribution in [1.29, 1.82) is 0 Å². The molecule has 0 saturated carbocycles. The molecule has 0 aliphatic heterocycles. The lowest BCUT2D eigenvalue weighted by Crippen LogP contribution is -2.22. The van der Waals surface area contributed by atoms with Crippen LogP contribution in [0.3, 0.4) is 0 Å². The Morgan fingerprint density at radius 1 is 0.463 bits per heavy atom. The number of carbonyl (C=O) groups excluding carboxylic acids is 1. The zero-order valence-corrected chi connectivity index (χ0v) is 23.7. The summed E-state index contributed by atoms with van der Waals surface area (Å²) in [6, 6.07) is 49.9.